The van der Waals surface area contributed by atoms with Crippen LogP contribution in [0.5, 0.6) is 5.75 Å². The lowest BCUT2D eigenvalue weighted by molar-refractivity contribution is 0.0687. The lowest BCUT2D eigenvalue weighted by Crippen LogP contribution is -2.40. The standard InChI is InChI=1S/C14H17BrClNO2/c1-9(16)10-4-6-17(7-5-10)14(19)12-3-2-11(15)8-13(12)18/h2-3,8-10,18H,4-7H2,1H3. The number of alkyl halides is 1. The Hall–Kier alpha value is -0.740. The van der Waals surface area contributed by atoms with Crippen LogP contribution in [0, 0.1) is 5.92 Å². The monoisotopic (exact) mass is 345 g/mol. The molecule has 0 bridgehead atoms. The van der Waals surface area contributed by atoms with Crippen molar-refractivity contribution in [3.05, 3.63) is 28.2 Å². The third kappa shape index (κ3) is 3.42. The van der Waals surface area contributed by atoms with Crippen LogP contribution in [0.4, 0.5) is 0 Å². The van der Waals surface area contributed by atoms with Gasteiger partial charge in [-0.25, -0.2) is 0 Å². The highest BCUT2D eigenvalue weighted by Gasteiger charge is 2.27. The molecule has 1 atom stereocenters. The number of nitrogens with zero attached hydrogens (tertiary/aromatic N) is 1. The van der Waals surface area contributed by atoms with Crippen LogP contribution in [0.3, 0.4) is 0 Å². The summed E-state index contributed by atoms with van der Waals surface area (Å²) in [6.45, 7) is 3.41. The second kappa shape index (κ2) is 6.14. The van der Waals surface area contributed by atoms with Crippen LogP contribution in [0.2, 0.25) is 0 Å². The first-order valence-electron chi connectivity index (χ1n) is 6.41. The minimum absolute atomic E-state index is 0.0206. The third-order valence-electron chi connectivity index (χ3n) is 3.67. The fourth-order valence-electron chi connectivity index (χ4n) is 2.42. The molecule has 1 N–H and O–H groups in total. The number of hydrogen-bond donors (Lipinski definition) is 1. The molecule has 1 aromatic carbocycles. The van der Waals surface area contributed by atoms with Gasteiger partial charge in [-0.15, -0.1) is 11.6 Å². The van der Waals surface area contributed by atoms with E-state index in [1.54, 1.807) is 23.1 Å². The number of rotatable bonds is 2. The SMILES string of the molecule is CC(Cl)C1CCN(C(=O)c2ccc(Br)cc2O)CC1. The van der Waals surface area contributed by atoms with E-state index in [-0.39, 0.29) is 17.0 Å². The summed E-state index contributed by atoms with van der Waals surface area (Å²) >= 11 is 9.36. The van der Waals surface area contributed by atoms with E-state index in [4.69, 9.17) is 11.6 Å². The molecule has 104 valence electrons. The number of likely N-dealkylation sites (tertiary alicyclic amines) is 1. The maximum atomic E-state index is 12.3. The predicted octanol–water partition coefficient (Wildman–Crippen LogP) is 3.63. The van der Waals surface area contributed by atoms with E-state index in [9.17, 15) is 9.90 Å². The maximum Gasteiger partial charge on any atom is 0.257 e. The highest BCUT2D eigenvalue weighted by Crippen LogP contribution is 2.27. The van der Waals surface area contributed by atoms with E-state index in [2.05, 4.69) is 15.9 Å². The summed E-state index contributed by atoms with van der Waals surface area (Å²) in [6, 6.07) is 4.96. The minimum atomic E-state index is -0.106. The van der Waals surface area contributed by atoms with Gasteiger partial charge in [0.25, 0.3) is 5.91 Å². The third-order valence-corrected chi connectivity index (χ3v) is 4.52. The van der Waals surface area contributed by atoms with Crippen molar-refractivity contribution in [3.8, 4) is 5.75 Å². The number of carbonyl (C=O) groups excluding carboxylic acids is 1. The molecule has 1 aromatic rings. The summed E-state index contributed by atoms with van der Waals surface area (Å²) < 4.78 is 0.760. The summed E-state index contributed by atoms with van der Waals surface area (Å²) in [5.74, 6) is 0.391. The van der Waals surface area contributed by atoms with E-state index >= 15 is 0 Å². The predicted molar refractivity (Wildman–Crippen MR) is 79.7 cm³/mol. The van der Waals surface area contributed by atoms with Crippen molar-refractivity contribution in [2.75, 3.05) is 13.1 Å². The zero-order valence-electron chi connectivity index (χ0n) is 10.8. The highest BCUT2D eigenvalue weighted by atomic mass is 79.9. The van der Waals surface area contributed by atoms with Gasteiger partial charge in [0.05, 0.1) is 5.56 Å². The van der Waals surface area contributed by atoms with Gasteiger partial charge in [-0.3, -0.25) is 4.79 Å². The summed E-state index contributed by atoms with van der Waals surface area (Å²) in [6.07, 6.45) is 1.85. The number of phenolic OH excluding ortho intramolecular Hbond substituents is 1. The van der Waals surface area contributed by atoms with Crippen molar-refractivity contribution < 1.29 is 9.90 Å². The van der Waals surface area contributed by atoms with Crippen molar-refractivity contribution in [1.29, 1.82) is 0 Å². The van der Waals surface area contributed by atoms with E-state index in [1.165, 1.54) is 0 Å². The van der Waals surface area contributed by atoms with Crippen LogP contribution in [0.25, 0.3) is 0 Å². The van der Waals surface area contributed by atoms with Crippen LogP contribution in [0.15, 0.2) is 22.7 Å². The van der Waals surface area contributed by atoms with Crippen molar-refractivity contribution in [3.63, 3.8) is 0 Å². The molecule has 0 spiro atoms. The molecule has 1 saturated heterocycles. The van der Waals surface area contributed by atoms with Gasteiger partial charge in [0.1, 0.15) is 5.75 Å². The molecule has 2 rings (SSSR count). The van der Waals surface area contributed by atoms with Crippen LogP contribution in [-0.4, -0.2) is 34.4 Å². The van der Waals surface area contributed by atoms with Gasteiger partial charge < -0.3 is 10.0 Å². The molecule has 0 radical (unpaired) electrons. The average molecular weight is 347 g/mol. The molecule has 0 aromatic heterocycles. The number of piperidine rings is 1. The Morgan fingerprint density at radius 1 is 1.47 bits per heavy atom. The molecular weight excluding hydrogens is 330 g/mol. The van der Waals surface area contributed by atoms with Crippen molar-refractivity contribution in [1.82, 2.24) is 4.90 Å². The molecule has 5 heteroatoms. The second-order valence-electron chi connectivity index (χ2n) is 4.97. The Morgan fingerprint density at radius 3 is 2.63 bits per heavy atom. The van der Waals surface area contributed by atoms with Gasteiger partial charge in [-0.05, 0) is 43.9 Å². The molecule has 1 amide bonds. The fourth-order valence-corrected chi connectivity index (χ4v) is 3.02. The number of amides is 1. The summed E-state index contributed by atoms with van der Waals surface area (Å²) in [5.41, 5.74) is 0.362. The Labute approximate surface area is 126 Å². The maximum absolute atomic E-state index is 12.3. The van der Waals surface area contributed by atoms with E-state index < -0.39 is 0 Å². The van der Waals surface area contributed by atoms with Gasteiger partial charge >= 0.3 is 0 Å². The lowest BCUT2D eigenvalue weighted by atomic mass is 9.93. The number of benzene rings is 1. The molecular formula is C14H17BrClNO2. The zero-order chi connectivity index (χ0) is 14.0. The van der Waals surface area contributed by atoms with Crippen LogP contribution >= 0.6 is 27.5 Å². The van der Waals surface area contributed by atoms with Gasteiger partial charge in [0, 0.05) is 22.9 Å². The molecule has 1 fully saturated rings. The average Bonchev–Trinajstić information content (AvgIpc) is 2.38. The first-order valence-corrected chi connectivity index (χ1v) is 7.64. The minimum Gasteiger partial charge on any atom is -0.507 e. The quantitative estimate of drug-likeness (QED) is 0.831. The molecule has 1 unspecified atom stereocenters. The number of aromatic hydroxyl groups is 1. The summed E-state index contributed by atoms with van der Waals surface area (Å²) in [7, 11) is 0. The Morgan fingerprint density at radius 2 is 2.11 bits per heavy atom. The topological polar surface area (TPSA) is 40.5 Å². The van der Waals surface area contributed by atoms with Gasteiger partial charge in [-0.2, -0.15) is 0 Å². The second-order valence-corrected chi connectivity index (χ2v) is 6.57. The van der Waals surface area contributed by atoms with E-state index in [1.807, 2.05) is 6.92 Å². The summed E-state index contributed by atoms with van der Waals surface area (Å²) in [5, 5.41) is 9.99. The van der Waals surface area contributed by atoms with E-state index in [0.717, 1.165) is 17.3 Å². The number of phenols is 1. The number of halogens is 2. The first-order chi connectivity index (χ1) is 8.99. The van der Waals surface area contributed by atoms with Crippen molar-refractivity contribution in [2.24, 2.45) is 5.92 Å². The molecule has 1 aliphatic rings. The number of hydrogen-bond acceptors (Lipinski definition) is 2. The van der Waals surface area contributed by atoms with Crippen LogP contribution in [0.1, 0.15) is 30.1 Å². The van der Waals surface area contributed by atoms with Crippen molar-refractivity contribution in [2.45, 2.75) is 25.1 Å². The van der Waals surface area contributed by atoms with E-state index in [0.29, 0.717) is 24.6 Å². The molecule has 1 aliphatic heterocycles. The van der Waals surface area contributed by atoms with Crippen molar-refractivity contribution >= 4 is 33.4 Å². The van der Waals surface area contributed by atoms with Gasteiger partial charge in [0.15, 0.2) is 0 Å². The van der Waals surface area contributed by atoms with Crippen LogP contribution in [-0.2, 0) is 0 Å². The summed E-state index contributed by atoms with van der Waals surface area (Å²) in [4.78, 5) is 14.1. The van der Waals surface area contributed by atoms with Gasteiger partial charge in [-0.1, -0.05) is 15.9 Å². The molecule has 0 aliphatic carbocycles. The Kier molecular flexibility index (Phi) is 4.74. The smallest absolute Gasteiger partial charge is 0.257 e. The van der Waals surface area contributed by atoms with Crippen LogP contribution < -0.4 is 0 Å². The first kappa shape index (κ1) is 14.7. The Balaban J connectivity index is 2.05. The normalized spacial score (nSPS) is 18.4. The highest BCUT2D eigenvalue weighted by molar-refractivity contribution is 9.10. The molecule has 19 heavy (non-hydrogen) atoms. The largest absolute Gasteiger partial charge is 0.507 e. The molecule has 1 heterocycles. The van der Waals surface area contributed by atoms with Gasteiger partial charge in [0.2, 0.25) is 0 Å². The fraction of sp³-hybridized carbons (Fsp3) is 0.500. The lowest BCUT2D eigenvalue weighted by Gasteiger charge is -2.33. The zero-order valence-corrected chi connectivity index (χ0v) is 13.1. The Bertz CT molecular complexity index is 471. The molecule has 3 nitrogen and oxygen atoms in total. The number of carbonyl (C=O) groups is 1. The molecule has 0 saturated carbocycles.